The van der Waals surface area contributed by atoms with Gasteiger partial charge in [0.2, 0.25) is 0 Å². The number of benzene rings is 2. The zero-order valence-corrected chi connectivity index (χ0v) is 13.3. The van der Waals surface area contributed by atoms with Crippen molar-refractivity contribution in [1.29, 1.82) is 0 Å². The Morgan fingerprint density at radius 2 is 1.74 bits per heavy atom. The highest BCUT2D eigenvalue weighted by atomic mass is 32.1. The number of nitrogens with zero attached hydrogens (tertiary/aromatic N) is 1. The maximum absolute atomic E-state index is 12.6. The van der Waals surface area contributed by atoms with Crippen LogP contribution >= 0.6 is 11.3 Å². The molecular weight excluding hydrogens is 302 g/mol. The van der Waals surface area contributed by atoms with Crippen LogP contribution in [0.5, 0.6) is 0 Å². The van der Waals surface area contributed by atoms with Crippen molar-refractivity contribution in [1.82, 2.24) is 4.98 Å². The van der Waals surface area contributed by atoms with E-state index in [9.17, 15) is 4.79 Å². The normalized spacial score (nSPS) is 15.7. The van der Waals surface area contributed by atoms with Gasteiger partial charge in [-0.2, -0.15) is 0 Å². The second-order valence-electron chi connectivity index (χ2n) is 5.59. The van der Waals surface area contributed by atoms with Crippen LogP contribution in [0.4, 0.5) is 0 Å². The van der Waals surface area contributed by atoms with Gasteiger partial charge in [-0.25, -0.2) is 4.98 Å². The van der Waals surface area contributed by atoms with Crippen LogP contribution in [0.25, 0.3) is 17.3 Å². The molecule has 112 valence electrons. The molecule has 0 radical (unpaired) electrons. The average molecular weight is 317 g/mol. The van der Waals surface area contributed by atoms with Crippen LogP contribution < -0.4 is 0 Å². The zero-order valence-electron chi connectivity index (χ0n) is 12.5. The summed E-state index contributed by atoms with van der Waals surface area (Å²) in [7, 11) is 0. The predicted molar refractivity (Wildman–Crippen MR) is 94.6 cm³/mol. The van der Waals surface area contributed by atoms with Crippen LogP contribution in [-0.4, -0.2) is 10.8 Å². The zero-order chi connectivity index (χ0) is 15.6. The van der Waals surface area contributed by atoms with Gasteiger partial charge in [0, 0.05) is 22.1 Å². The third kappa shape index (κ3) is 2.76. The molecule has 0 fully saturated rings. The van der Waals surface area contributed by atoms with E-state index in [0.29, 0.717) is 0 Å². The Balaban J connectivity index is 1.65. The molecular formula is C20H15NOS. The molecule has 0 saturated heterocycles. The Kier molecular flexibility index (Phi) is 3.64. The molecule has 4 rings (SSSR count). The minimum atomic E-state index is 0.142. The highest BCUT2D eigenvalue weighted by Crippen LogP contribution is 2.28. The predicted octanol–water partition coefficient (Wildman–Crippen LogP) is 5.02. The number of Topliss-reactive ketones (excluding diaryl/α,β-unsaturated/α-hetero) is 1. The summed E-state index contributed by atoms with van der Waals surface area (Å²) in [5.41, 5.74) is 4.92. The maximum atomic E-state index is 12.6. The number of aromatic nitrogens is 1. The second kappa shape index (κ2) is 5.94. The molecule has 0 amide bonds. The lowest BCUT2D eigenvalue weighted by Crippen LogP contribution is -2.13. The topological polar surface area (TPSA) is 30.0 Å². The number of aryl methyl sites for hydroxylation is 1. The quantitative estimate of drug-likeness (QED) is 0.621. The summed E-state index contributed by atoms with van der Waals surface area (Å²) in [6.45, 7) is 0. The summed E-state index contributed by atoms with van der Waals surface area (Å²) in [6, 6.07) is 18.0. The minimum absolute atomic E-state index is 0.142. The largest absolute Gasteiger partial charge is 0.289 e. The molecule has 0 saturated carbocycles. The number of thiazole rings is 1. The summed E-state index contributed by atoms with van der Waals surface area (Å²) in [4.78, 5) is 17.3. The number of fused-ring (bicyclic) bond motifs is 1. The van der Waals surface area contributed by atoms with Gasteiger partial charge in [-0.1, -0.05) is 54.6 Å². The summed E-state index contributed by atoms with van der Waals surface area (Å²) >= 11 is 1.58. The van der Waals surface area contributed by atoms with Gasteiger partial charge in [0.25, 0.3) is 0 Å². The number of ketones is 1. The first-order valence-electron chi connectivity index (χ1n) is 7.65. The molecule has 0 atom stereocenters. The van der Waals surface area contributed by atoms with Crippen LogP contribution in [0.1, 0.15) is 27.3 Å². The molecule has 0 N–H and O–H groups in total. The molecule has 0 spiro atoms. The number of carbonyl (C=O) groups is 1. The van der Waals surface area contributed by atoms with Crippen molar-refractivity contribution in [2.75, 3.05) is 0 Å². The van der Waals surface area contributed by atoms with E-state index in [-0.39, 0.29) is 5.78 Å². The van der Waals surface area contributed by atoms with E-state index in [0.717, 1.165) is 45.8 Å². The molecule has 0 unspecified atom stereocenters. The van der Waals surface area contributed by atoms with Gasteiger partial charge < -0.3 is 0 Å². The van der Waals surface area contributed by atoms with E-state index < -0.39 is 0 Å². The summed E-state index contributed by atoms with van der Waals surface area (Å²) in [5.74, 6) is 0.142. The third-order valence-electron chi connectivity index (χ3n) is 4.11. The Labute approximate surface area is 139 Å². The van der Waals surface area contributed by atoms with Crippen LogP contribution in [0.15, 0.2) is 65.6 Å². The lowest BCUT2D eigenvalue weighted by molar-refractivity contribution is 0.102. The Bertz CT molecular complexity index is 893. The first-order valence-corrected chi connectivity index (χ1v) is 8.53. The van der Waals surface area contributed by atoms with E-state index in [1.54, 1.807) is 11.3 Å². The van der Waals surface area contributed by atoms with Crippen molar-refractivity contribution in [2.45, 2.75) is 12.8 Å². The van der Waals surface area contributed by atoms with Crippen molar-refractivity contribution in [3.8, 4) is 11.3 Å². The minimum Gasteiger partial charge on any atom is -0.289 e. The Morgan fingerprint density at radius 3 is 2.61 bits per heavy atom. The Morgan fingerprint density at radius 1 is 0.957 bits per heavy atom. The van der Waals surface area contributed by atoms with Crippen LogP contribution in [0.2, 0.25) is 0 Å². The fraction of sp³-hybridized carbons (Fsp3) is 0.100. The molecule has 1 aromatic heterocycles. The SMILES string of the molecule is O=C1C(=Cc2nc(-c3ccccc3)cs2)CCc2ccccc21. The molecule has 2 aromatic carbocycles. The number of carbonyl (C=O) groups excluding carboxylic acids is 1. The van der Waals surface area contributed by atoms with Gasteiger partial charge >= 0.3 is 0 Å². The molecule has 2 nitrogen and oxygen atoms in total. The van der Waals surface area contributed by atoms with E-state index in [2.05, 4.69) is 4.98 Å². The van der Waals surface area contributed by atoms with Crippen LogP contribution in [0, 0.1) is 0 Å². The highest BCUT2D eigenvalue weighted by molar-refractivity contribution is 7.10. The molecule has 0 aliphatic heterocycles. The fourth-order valence-electron chi connectivity index (χ4n) is 2.90. The van der Waals surface area contributed by atoms with E-state index in [1.807, 2.05) is 66.1 Å². The van der Waals surface area contributed by atoms with E-state index >= 15 is 0 Å². The molecule has 3 heteroatoms. The van der Waals surface area contributed by atoms with Gasteiger partial charge in [-0.05, 0) is 24.5 Å². The Hall–Kier alpha value is -2.52. The van der Waals surface area contributed by atoms with Crippen LogP contribution in [0.3, 0.4) is 0 Å². The fourth-order valence-corrected chi connectivity index (χ4v) is 3.68. The van der Waals surface area contributed by atoms with E-state index in [4.69, 9.17) is 0 Å². The van der Waals surface area contributed by atoms with Gasteiger partial charge in [0.15, 0.2) is 5.78 Å². The average Bonchev–Trinajstić information content (AvgIpc) is 3.07. The molecule has 0 bridgehead atoms. The summed E-state index contributed by atoms with van der Waals surface area (Å²) < 4.78 is 0. The molecule has 3 aromatic rings. The van der Waals surface area contributed by atoms with Gasteiger partial charge in [0.05, 0.1) is 5.69 Å². The molecule has 1 aliphatic rings. The summed E-state index contributed by atoms with van der Waals surface area (Å²) in [5, 5.41) is 2.94. The standard InChI is InChI=1S/C20H15NOS/c22-20-16(11-10-14-6-4-5-9-17(14)20)12-19-21-18(13-23-19)15-7-2-1-3-8-15/h1-9,12-13H,10-11H2. The van der Waals surface area contributed by atoms with Gasteiger partial charge in [-0.3, -0.25) is 4.79 Å². The third-order valence-corrected chi connectivity index (χ3v) is 4.90. The van der Waals surface area contributed by atoms with Crippen molar-refractivity contribution in [3.05, 3.63) is 81.7 Å². The molecule has 1 heterocycles. The van der Waals surface area contributed by atoms with Crippen molar-refractivity contribution in [2.24, 2.45) is 0 Å². The number of allylic oxidation sites excluding steroid dienone is 1. The lowest BCUT2D eigenvalue weighted by atomic mass is 9.87. The van der Waals surface area contributed by atoms with Gasteiger partial charge in [0.1, 0.15) is 5.01 Å². The first kappa shape index (κ1) is 14.1. The number of hydrogen-bond acceptors (Lipinski definition) is 3. The second-order valence-corrected chi connectivity index (χ2v) is 6.48. The first-order chi connectivity index (χ1) is 11.3. The van der Waals surface area contributed by atoms with Crippen molar-refractivity contribution in [3.63, 3.8) is 0 Å². The maximum Gasteiger partial charge on any atom is 0.189 e. The van der Waals surface area contributed by atoms with Crippen molar-refractivity contribution >= 4 is 23.2 Å². The molecule has 23 heavy (non-hydrogen) atoms. The molecule has 1 aliphatic carbocycles. The smallest absolute Gasteiger partial charge is 0.189 e. The monoisotopic (exact) mass is 317 g/mol. The number of rotatable bonds is 2. The lowest BCUT2D eigenvalue weighted by Gasteiger charge is -2.16. The number of hydrogen-bond donors (Lipinski definition) is 0. The summed E-state index contributed by atoms with van der Waals surface area (Å²) in [6.07, 6.45) is 3.66. The van der Waals surface area contributed by atoms with Gasteiger partial charge in [-0.15, -0.1) is 11.3 Å². The van der Waals surface area contributed by atoms with E-state index in [1.165, 1.54) is 0 Å². The van der Waals surface area contributed by atoms with Crippen LogP contribution in [-0.2, 0) is 6.42 Å². The highest BCUT2D eigenvalue weighted by Gasteiger charge is 2.21. The van der Waals surface area contributed by atoms with Crippen molar-refractivity contribution < 1.29 is 4.79 Å².